The molecule has 8 nitrogen and oxygen atoms in total. The smallest absolute Gasteiger partial charge is 0.310 e. The number of hydrogen-bond acceptors (Lipinski definition) is 6. The summed E-state index contributed by atoms with van der Waals surface area (Å²) in [4.78, 5) is 29.8. The Kier molecular flexibility index (Phi) is 6.65. The highest BCUT2D eigenvalue weighted by molar-refractivity contribution is 6.08. The molecule has 4 aromatic rings. The van der Waals surface area contributed by atoms with Gasteiger partial charge in [0.25, 0.3) is 5.91 Å². The van der Waals surface area contributed by atoms with Crippen LogP contribution in [0.25, 0.3) is 16.9 Å². The van der Waals surface area contributed by atoms with Gasteiger partial charge in [-0.3, -0.25) is 9.59 Å². The van der Waals surface area contributed by atoms with Crippen LogP contribution in [0.15, 0.2) is 54.7 Å². The third-order valence-electron chi connectivity index (χ3n) is 5.21. The van der Waals surface area contributed by atoms with Crippen LogP contribution in [-0.2, 0) is 22.5 Å². The van der Waals surface area contributed by atoms with E-state index in [2.05, 4.69) is 15.4 Å². The van der Waals surface area contributed by atoms with Gasteiger partial charge in [0.1, 0.15) is 5.82 Å². The summed E-state index contributed by atoms with van der Waals surface area (Å²) in [5, 5.41) is 7.29. The Labute approximate surface area is 195 Å². The van der Waals surface area contributed by atoms with Crippen molar-refractivity contribution in [2.24, 2.45) is 5.73 Å². The average molecular weight is 461 g/mol. The lowest BCUT2D eigenvalue weighted by atomic mass is 10.1. The first-order valence-corrected chi connectivity index (χ1v) is 10.8. The fourth-order valence-corrected chi connectivity index (χ4v) is 3.63. The molecule has 174 valence electrons. The van der Waals surface area contributed by atoms with E-state index in [0.29, 0.717) is 27.9 Å². The number of carbonyl (C=O) groups is 2. The molecule has 3 N–H and O–H groups in total. The van der Waals surface area contributed by atoms with Crippen molar-refractivity contribution < 1.29 is 18.7 Å². The van der Waals surface area contributed by atoms with E-state index in [1.54, 1.807) is 43.5 Å². The molecule has 0 atom stereocenters. The molecule has 0 aliphatic rings. The topological polar surface area (TPSA) is 112 Å². The number of carbonyl (C=O) groups excluding carboxylic acids is 2. The molecule has 2 heterocycles. The van der Waals surface area contributed by atoms with Crippen LogP contribution in [0, 0.1) is 12.7 Å². The second-order valence-electron chi connectivity index (χ2n) is 7.77. The summed E-state index contributed by atoms with van der Waals surface area (Å²) in [6, 6.07) is 13.2. The number of esters is 1. The minimum absolute atomic E-state index is 0.0183. The molecule has 1 amide bonds. The number of benzene rings is 2. The summed E-state index contributed by atoms with van der Waals surface area (Å²) in [6.45, 7) is 4.05. The van der Waals surface area contributed by atoms with Gasteiger partial charge in [-0.1, -0.05) is 12.1 Å². The van der Waals surface area contributed by atoms with Gasteiger partial charge >= 0.3 is 5.97 Å². The maximum atomic E-state index is 14.1. The number of amides is 1. The third kappa shape index (κ3) is 4.94. The van der Waals surface area contributed by atoms with E-state index >= 15 is 0 Å². The summed E-state index contributed by atoms with van der Waals surface area (Å²) >= 11 is 0. The molecule has 0 aliphatic carbocycles. The third-order valence-corrected chi connectivity index (χ3v) is 5.21. The molecule has 0 aliphatic heterocycles. The van der Waals surface area contributed by atoms with E-state index in [9.17, 15) is 14.0 Å². The quantitative estimate of drug-likeness (QED) is 0.406. The number of halogens is 1. The van der Waals surface area contributed by atoms with Gasteiger partial charge < -0.3 is 15.8 Å². The molecule has 4 rings (SSSR count). The highest BCUT2D eigenvalue weighted by Crippen LogP contribution is 2.23. The van der Waals surface area contributed by atoms with Gasteiger partial charge in [-0.25, -0.2) is 13.9 Å². The van der Waals surface area contributed by atoms with Crippen LogP contribution in [0.5, 0.6) is 0 Å². The number of nitrogens with two attached hydrogens (primary N) is 1. The Morgan fingerprint density at radius 3 is 2.76 bits per heavy atom. The van der Waals surface area contributed by atoms with Crippen molar-refractivity contribution in [2.45, 2.75) is 26.8 Å². The zero-order chi connectivity index (χ0) is 24.2. The number of hydrogen-bond donors (Lipinski definition) is 2. The highest BCUT2D eigenvalue weighted by Gasteiger charge is 2.19. The van der Waals surface area contributed by atoms with E-state index in [4.69, 9.17) is 10.5 Å². The first kappa shape index (κ1) is 23.1. The summed E-state index contributed by atoms with van der Waals surface area (Å²) in [5.74, 6) is -1.16. The number of anilines is 1. The molecule has 0 unspecified atom stereocenters. The second kappa shape index (κ2) is 9.80. The SMILES string of the molecule is CCOC(=O)Cc1ccc(C)cc1NC(=O)c1nc(-c2cc(F)cc(CN)c2)nn2cccc12. The summed E-state index contributed by atoms with van der Waals surface area (Å²) in [5.41, 5.74) is 9.27. The number of aromatic nitrogens is 3. The van der Waals surface area contributed by atoms with Crippen molar-refractivity contribution in [3.8, 4) is 11.4 Å². The van der Waals surface area contributed by atoms with Crippen LogP contribution < -0.4 is 11.1 Å². The molecule has 2 aromatic carbocycles. The van der Waals surface area contributed by atoms with Gasteiger partial charge in [-0.2, -0.15) is 0 Å². The Balaban J connectivity index is 1.73. The predicted octanol–water partition coefficient (Wildman–Crippen LogP) is 3.66. The molecular weight excluding hydrogens is 437 g/mol. The van der Waals surface area contributed by atoms with Crippen LogP contribution in [0.4, 0.5) is 10.1 Å². The number of nitrogens with zero attached hydrogens (tertiary/aromatic N) is 3. The lowest BCUT2D eigenvalue weighted by Crippen LogP contribution is -2.18. The number of aryl methyl sites for hydroxylation is 1. The summed E-state index contributed by atoms with van der Waals surface area (Å²) in [7, 11) is 0. The molecule has 0 saturated carbocycles. The van der Waals surface area contributed by atoms with Crippen LogP contribution in [0.1, 0.15) is 34.1 Å². The van der Waals surface area contributed by atoms with E-state index in [-0.39, 0.29) is 37.1 Å². The van der Waals surface area contributed by atoms with E-state index in [1.807, 2.05) is 13.0 Å². The van der Waals surface area contributed by atoms with E-state index in [1.165, 1.54) is 16.6 Å². The summed E-state index contributed by atoms with van der Waals surface area (Å²) < 4.78 is 20.7. The molecular formula is C25H24FN5O3. The molecule has 2 aromatic heterocycles. The van der Waals surface area contributed by atoms with E-state index in [0.717, 1.165) is 5.56 Å². The number of rotatable bonds is 7. The average Bonchev–Trinajstić information content (AvgIpc) is 3.28. The minimum Gasteiger partial charge on any atom is -0.466 e. The molecule has 0 radical (unpaired) electrons. The molecule has 34 heavy (non-hydrogen) atoms. The molecule has 0 bridgehead atoms. The Bertz CT molecular complexity index is 1380. The fraction of sp³-hybridized carbons (Fsp3) is 0.200. The lowest BCUT2D eigenvalue weighted by Gasteiger charge is -2.13. The second-order valence-corrected chi connectivity index (χ2v) is 7.77. The van der Waals surface area contributed by atoms with Crippen LogP contribution in [0.3, 0.4) is 0 Å². The Morgan fingerprint density at radius 2 is 2.00 bits per heavy atom. The first-order chi connectivity index (χ1) is 16.4. The molecule has 0 spiro atoms. The maximum absolute atomic E-state index is 14.1. The molecule has 0 saturated heterocycles. The highest BCUT2D eigenvalue weighted by atomic mass is 19.1. The van der Waals surface area contributed by atoms with E-state index < -0.39 is 11.7 Å². The number of ether oxygens (including phenoxy) is 1. The Hall–Kier alpha value is -4.11. The number of fused-ring (bicyclic) bond motifs is 1. The van der Waals surface area contributed by atoms with Crippen molar-refractivity contribution in [3.05, 3.63) is 82.9 Å². The van der Waals surface area contributed by atoms with Crippen molar-refractivity contribution in [3.63, 3.8) is 0 Å². The van der Waals surface area contributed by atoms with Gasteiger partial charge in [0.2, 0.25) is 0 Å². The van der Waals surface area contributed by atoms with Crippen molar-refractivity contribution in [2.75, 3.05) is 11.9 Å². The Morgan fingerprint density at radius 1 is 1.18 bits per heavy atom. The van der Waals surface area contributed by atoms with Gasteiger partial charge in [0, 0.05) is 24.0 Å². The minimum atomic E-state index is -0.487. The van der Waals surface area contributed by atoms with Gasteiger partial charge in [0.05, 0.1) is 18.5 Å². The van der Waals surface area contributed by atoms with Crippen LogP contribution in [0.2, 0.25) is 0 Å². The summed E-state index contributed by atoms with van der Waals surface area (Å²) in [6.07, 6.45) is 1.70. The molecule has 9 heteroatoms. The maximum Gasteiger partial charge on any atom is 0.310 e. The number of nitrogens with one attached hydrogen (secondary N) is 1. The van der Waals surface area contributed by atoms with Crippen LogP contribution in [-0.4, -0.2) is 33.1 Å². The van der Waals surface area contributed by atoms with Crippen molar-refractivity contribution in [1.82, 2.24) is 14.6 Å². The normalized spacial score (nSPS) is 10.9. The lowest BCUT2D eigenvalue weighted by molar-refractivity contribution is -0.142. The van der Waals surface area contributed by atoms with Crippen LogP contribution >= 0.6 is 0 Å². The van der Waals surface area contributed by atoms with Crippen molar-refractivity contribution >= 4 is 23.1 Å². The zero-order valence-corrected chi connectivity index (χ0v) is 18.8. The standard InChI is InChI=1S/C25H24FN5O3/c1-3-34-22(32)13-17-7-6-15(2)9-20(17)28-25(33)23-21-5-4-8-31(21)30-24(29-23)18-10-16(14-27)11-19(26)12-18/h4-12H,3,13-14,27H2,1-2H3,(H,28,33). The largest absolute Gasteiger partial charge is 0.466 e. The van der Waals surface area contributed by atoms with Gasteiger partial charge in [0.15, 0.2) is 11.5 Å². The van der Waals surface area contributed by atoms with Gasteiger partial charge in [-0.15, -0.1) is 5.10 Å². The molecule has 0 fully saturated rings. The fourth-order valence-electron chi connectivity index (χ4n) is 3.63. The van der Waals surface area contributed by atoms with Gasteiger partial charge in [-0.05, 0) is 66.9 Å². The monoisotopic (exact) mass is 461 g/mol. The first-order valence-electron chi connectivity index (χ1n) is 10.8. The zero-order valence-electron chi connectivity index (χ0n) is 18.8. The van der Waals surface area contributed by atoms with Crippen molar-refractivity contribution in [1.29, 1.82) is 0 Å². The predicted molar refractivity (Wildman–Crippen MR) is 126 cm³/mol.